The van der Waals surface area contributed by atoms with Gasteiger partial charge in [0, 0.05) is 0 Å². The summed E-state index contributed by atoms with van der Waals surface area (Å²) < 4.78 is 64.4. The van der Waals surface area contributed by atoms with Crippen molar-refractivity contribution < 1.29 is 25.9 Å². The highest BCUT2D eigenvalue weighted by Gasteiger charge is 2.20. The average molecular weight is 372 g/mol. The lowest BCUT2D eigenvalue weighted by Crippen LogP contribution is -2.07. The summed E-state index contributed by atoms with van der Waals surface area (Å²) in [5.74, 6) is 0. The second kappa shape index (κ2) is 5.74. The summed E-state index contributed by atoms with van der Waals surface area (Å²) >= 11 is 0. The first-order valence-corrected chi connectivity index (χ1v) is 9.46. The highest BCUT2D eigenvalue weighted by Crippen LogP contribution is 2.34. The van der Waals surface area contributed by atoms with Crippen LogP contribution in [0.5, 0.6) is 0 Å². The van der Waals surface area contributed by atoms with E-state index in [1.807, 2.05) is 0 Å². The number of nitrogens with two attached hydrogens (primary N) is 2. The Morgan fingerprint density at radius 1 is 0.708 bits per heavy atom. The van der Waals surface area contributed by atoms with E-state index in [0.29, 0.717) is 22.3 Å². The molecule has 24 heavy (non-hydrogen) atoms. The number of rotatable bonds is 3. The molecule has 0 saturated carbocycles. The molecular weight excluding hydrogens is 356 g/mol. The zero-order valence-corrected chi connectivity index (χ0v) is 14.4. The predicted molar refractivity (Wildman–Crippen MR) is 89.8 cm³/mol. The van der Waals surface area contributed by atoms with Gasteiger partial charge in [0.25, 0.3) is 20.2 Å². The van der Waals surface area contributed by atoms with Crippen molar-refractivity contribution in [2.24, 2.45) is 0 Å². The third kappa shape index (κ3) is 3.36. The van der Waals surface area contributed by atoms with Crippen molar-refractivity contribution >= 4 is 31.6 Å². The Balaban J connectivity index is 2.84. The van der Waals surface area contributed by atoms with Crippen LogP contribution in [0.2, 0.25) is 0 Å². The highest BCUT2D eigenvalue weighted by molar-refractivity contribution is 7.86. The van der Waals surface area contributed by atoms with Crippen molar-refractivity contribution in [1.82, 2.24) is 0 Å². The van der Waals surface area contributed by atoms with Gasteiger partial charge < -0.3 is 11.5 Å². The maximum absolute atomic E-state index is 11.5. The van der Waals surface area contributed by atoms with E-state index < -0.39 is 30.0 Å². The number of anilines is 2. The van der Waals surface area contributed by atoms with Crippen molar-refractivity contribution in [2.75, 3.05) is 11.5 Å². The van der Waals surface area contributed by atoms with Gasteiger partial charge in [0.1, 0.15) is 9.79 Å². The van der Waals surface area contributed by atoms with Gasteiger partial charge in [-0.25, -0.2) is 0 Å². The van der Waals surface area contributed by atoms with E-state index in [0.717, 1.165) is 12.1 Å². The van der Waals surface area contributed by atoms with E-state index in [1.54, 1.807) is 13.8 Å². The second-order valence-electron chi connectivity index (χ2n) is 5.36. The number of hydrogen-bond donors (Lipinski definition) is 4. The molecule has 0 aliphatic carbocycles. The van der Waals surface area contributed by atoms with E-state index in [9.17, 15) is 25.9 Å². The molecule has 10 heteroatoms. The van der Waals surface area contributed by atoms with Gasteiger partial charge in [0.05, 0.1) is 11.4 Å². The molecule has 0 aliphatic rings. The maximum atomic E-state index is 11.5. The van der Waals surface area contributed by atoms with Crippen LogP contribution in [0.15, 0.2) is 34.1 Å². The van der Waals surface area contributed by atoms with Crippen molar-refractivity contribution in [3.8, 4) is 11.1 Å². The molecule has 2 aromatic rings. The predicted octanol–water partition coefficient (Wildman–Crippen LogP) is 1.63. The molecule has 2 aromatic carbocycles. The molecule has 2 rings (SSSR count). The molecule has 0 spiro atoms. The zero-order chi connectivity index (χ0) is 18.4. The molecule has 0 saturated heterocycles. The Labute approximate surface area is 139 Å². The average Bonchev–Trinajstić information content (AvgIpc) is 2.41. The SMILES string of the molecule is Cc1cc(-c2cc(C)c(N)c(S(=O)(=O)O)c2)cc(S(=O)(=O)O)c1N. The quantitative estimate of drug-likeness (QED) is 0.467. The third-order valence-electron chi connectivity index (χ3n) is 3.59. The molecule has 6 N–H and O–H groups in total. The molecule has 0 radical (unpaired) electrons. The van der Waals surface area contributed by atoms with Gasteiger partial charge in [0.15, 0.2) is 0 Å². The van der Waals surface area contributed by atoms with Crippen LogP contribution in [-0.2, 0) is 20.2 Å². The van der Waals surface area contributed by atoms with Gasteiger partial charge in [-0.3, -0.25) is 9.11 Å². The van der Waals surface area contributed by atoms with Gasteiger partial charge in [-0.1, -0.05) is 0 Å². The smallest absolute Gasteiger partial charge is 0.296 e. The number of nitrogen functional groups attached to an aromatic ring is 2. The largest absolute Gasteiger partial charge is 0.397 e. The first kappa shape index (κ1) is 18.2. The Morgan fingerprint density at radius 3 is 1.25 bits per heavy atom. The van der Waals surface area contributed by atoms with Crippen LogP contribution >= 0.6 is 0 Å². The van der Waals surface area contributed by atoms with Crippen molar-refractivity contribution in [3.63, 3.8) is 0 Å². The van der Waals surface area contributed by atoms with Gasteiger partial charge in [-0.15, -0.1) is 0 Å². The lowest BCUT2D eigenvalue weighted by Gasteiger charge is -2.13. The lowest BCUT2D eigenvalue weighted by molar-refractivity contribution is 0.481. The molecular formula is C14H16N2O6S2. The van der Waals surface area contributed by atoms with Gasteiger partial charge in [-0.05, 0) is 60.4 Å². The second-order valence-corrected chi connectivity index (χ2v) is 8.14. The Hall–Kier alpha value is -2.14. The summed E-state index contributed by atoms with van der Waals surface area (Å²) in [4.78, 5) is -0.972. The van der Waals surface area contributed by atoms with Crippen LogP contribution in [0, 0.1) is 13.8 Å². The van der Waals surface area contributed by atoms with Gasteiger partial charge in [0.2, 0.25) is 0 Å². The fourth-order valence-corrected chi connectivity index (χ4v) is 3.72. The van der Waals surface area contributed by atoms with Gasteiger partial charge >= 0.3 is 0 Å². The minimum Gasteiger partial charge on any atom is -0.397 e. The first-order valence-electron chi connectivity index (χ1n) is 6.58. The standard InChI is InChI=1S/C14H16N2O6S2/c1-7-3-9(5-11(13(7)15)23(17,18)19)10-4-8(2)14(16)12(6-10)24(20,21)22/h3-6H,15-16H2,1-2H3,(H,17,18,19)(H,20,21,22). The fraction of sp³-hybridized carbons (Fsp3) is 0.143. The van der Waals surface area contributed by atoms with Crippen LogP contribution < -0.4 is 11.5 Å². The molecule has 0 fully saturated rings. The summed E-state index contributed by atoms with van der Waals surface area (Å²) in [6.07, 6.45) is 0. The minimum atomic E-state index is -4.56. The lowest BCUT2D eigenvalue weighted by atomic mass is 10.00. The molecule has 0 aromatic heterocycles. The summed E-state index contributed by atoms with van der Waals surface area (Å²) in [7, 11) is -9.12. The molecule has 0 amide bonds. The van der Waals surface area contributed by atoms with E-state index in [4.69, 9.17) is 11.5 Å². The van der Waals surface area contributed by atoms with E-state index in [1.165, 1.54) is 12.1 Å². The monoisotopic (exact) mass is 372 g/mol. The highest BCUT2D eigenvalue weighted by atomic mass is 32.2. The van der Waals surface area contributed by atoms with Gasteiger partial charge in [-0.2, -0.15) is 16.8 Å². The Bertz CT molecular complexity index is 958. The summed E-state index contributed by atoms with van der Waals surface area (Å²) in [5.41, 5.74) is 12.5. The summed E-state index contributed by atoms with van der Waals surface area (Å²) in [6.45, 7) is 3.09. The molecule has 130 valence electrons. The third-order valence-corrected chi connectivity index (χ3v) is 5.37. The molecule has 0 heterocycles. The van der Waals surface area contributed by atoms with Crippen LogP contribution in [0.1, 0.15) is 11.1 Å². The first-order chi connectivity index (χ1) is 10.8. The normalized spacial score (nSPS) is 12.3. The molecule has 0 atom stereocenters. The van der Waals surface area contributed by atoms with Crippen LogP contribution in [0.4, 0.5) is 11.4 Å². The topological polar surface area (TPSA) is 161 Å². The molecule has 0 bridgehead atoms. The summed E-state index contributed by atoms with van der Waals surface area (Å²) in [6, 6.07) is 5.30. The van der Waals surface area contributed by atoms with Crippen LogP contribution in [-0.4, -0.2) is 25.9 Å². The van der Waals surface area contributed by atoms with Crippen LogP contribution in [0.3, 0.4) is 0 Å². The fourth-order valence-electron chi connectivity index (χ4n) is 2.29. The summed E-state index contributed by atoms with van der Waals surface area (Å²) in [5, 5.41) is 0. The van der Waals surface area contributed by atoms with E-state index in [-0.39, 0.29) is 11.4 Å². The number of aryl methyl sites for hydroxylation is 2. The van der Waals surface area contributed by atoms with Crippen LogP contribution in [0.25, 0.3) is 11.1 Å². The van der Waals surface area contributed by atoms with Crippen molar-refractivity contribution in [1.29, 1.82) is 0 Å². The van der Waals surface area contributed by atoms with E-state index >= 15 is 0 Å². The van der Waals surface area contributed by atoms with Crippen molar-refractivity contribution in [3.05, 3.63) is 35.4 Å². The zero-order valence-electron chi connectivity index (χ0n) is 12.8. The molecule has 8 nitrogen and oxygen atoms in total. The molecule has 0 aliphatic heterocycles. The number of benzene rings is 2. The Morgan fingerprint density at radius 2 is 1.00 bits per heavy atom. The van der Waals surface area contributed by atoms with Crippen molar-refractivity contribution in [2.45, 2.75) is 23.6 Å². The molecule has 0 unspecified atom stereocenters. The minimum absolute atomic E-state index is 0.108. The maximum Gasteiger partial charge on any atom is 0.296 e. The van der Waals surface area contributed by atoms with E-state index in [2.05, 4.69) is 0 Å². The Kier molecular flexibility index (Phi) is 4.35. The number of hydrogen-bond acceptors (Lipinski definition) is 6.